The van der Waals surface area contributed by atoms with Crippen LogP contribution in [0, 0.1) is 45.3 Å². The zero-order valence-corrected chi connectivity index (χ0v) is 25.7. The molecule has 5 aliphatic carbocycles. The summed E-state index contributed by atoms with van der Waals surface area (Å²) >= 11 is 0. The van der Waals surface area contributed by atoms with Crippen molar-refractivity contribution in [2.24, 2.45) is 45.3 Å². The summed E-state index contributed by atoms with van der Waals surface area (Å²) in [5.74, 6) is 2.57. The highest BCUT2D eigenvalue weighted by atomic mass is 16.8. The summed E-state index contributed by atoms with van der Waals surface area (Å²) in [6.45, 7) is 6.07. The van der Waals surface area contributed by atoms with Gasteiger partial charge in [-0.15, -0.1) is 0 Å². The summed E-state index contributed by atoms with van der Waals surface area (Å²) in [5, 5.41) is 0. The number of carbonyl (C=O) groups excluding carboxylic acids is 2. The van der Waals surface area contributed by atoms with Crippen LogP contribution in [-0.2, 0) is 33.2 Å². The lowest BCUT2D eigenvalue weighted by Gasteiger charge is -2.42. The van der Waals surface area contributed by atoms with Crippen molar-refractivity contribution < 1.29 is 47.2 Å². The first-order valence-electron chi connectivity index (χ1n) is 17.3. The Morgan fingerprint density at radius 1 is 0.911 bits per heavy atom. The van der Waals surface area contributed by atoms with Gasteiger partial charge in [0.05, 0.1) is 38.6 Å². The van der Waals surface area contributed by atoms with Crippen molar-refractivity contribution in [3.63, 3.8) is 0 Å². The molecule has 2 aromatic heterocycles. The minimum atomic E-state index is -0.663. The third kappa shape index (κ3) is 3.16. The van der Waals surface area contributed by atoms with Crippen LogP contribution in [0.15, 0.2) is 10.5 Å². The smallest absolute Gasteiger partial charge is 0.342 e. The van der Waals surface area contributed by atoms with Gasteiger partial charge in [-0.25, -0.2) is 4.79 Å². The lowest BCUT2D eigenvalue weighted by atomic mass is 9.64. The minimum Gasteiger partial charge on any atom is -0.465 e. The molecule has 3 spiro atoms. The Kier molecular flexibility index (Phi) is 4.95. The van der Waals surface area contributed by atoms with Gasteiger partial charge in [0, 0.05) is 44.0 Å². The summed E-state index contributed by atoms with van der Waals surface area (Å²) in [6.07, 6.45) is 9.87. The molecule has 0 aromatic carbocycles. The fraction of sp³-hybridized carbons (Fsp3) is 0.771. The predicted octanol–water partition coefficient (Wildman–Crippen LogP) is 5.23. The fourth-order valence-corrected chi connectivity index (χ4v) is 12.2. The topological polar surface area (TPSA) is 115 Å². The molecule has 10 aliphatic rings. The number of ether oxygens (including phenoxy) is 7. The van der Waals surface area contributed by atoms with Gasteiger partial charge in [-0.05, 0) is 72.5 Å². The second-order valence-corrected chi connectivity index (χ2v) is 16.2. The summed E-state index contributed by atoms with van der Waals surface area (Å²) in [7, 11) is 0. The highest BCUT2D eigenvalue weighted by molar-refractivity contribution is 6.06. The van der Waals surface area contributed by atoms with E-state index in [1.807, 2.05) is 0 Å². The number of furan rings is 2. The van der Waals surface area contributed by atoms with Crippen molar-refractivity contribution in [1.29, 1.82) is 0 Å². The van der Waals surface area contributed by atoms with Gasteiger partial charge in [0.15, 0.2) is 17.0 Å². The monoisotopic (exact) mass is 620 g/mol. The molecule has 9 fully saturated rings. The molecule has 5 bridgehead atoms. The number of hydrogen-bond acceptors (Lipinski definition) is 10. The summed E-state index contributed by atoms with van der Waals surface area (Å²) in [5.41, 5.74) is 3.41. The predicted molar refractivity (Wildman–Crippen MR) is 154 cm³/mol. The van der Waals surface area contributed by atoms with Crippen LogP contribution >= 0.6 is 0 Å². The van der Waals surface area contributed by atoms with E-state index in [1.165, 1.54) is 32.1 Å². The van der Waals surface area contributed by atoms with Gasteiger partial charge < -0.3 is 37.6 Å². The van der Waals surface area contributed by atoms with Crippen LogP contribution in [0.3, 0.4) is 0 Å². The number of fused-ring (bicyclic) bond motifs is 7. The Bertz CT molecular complexity index is 1630. The van der Waals surface area contributed by atoms with E-state index in [1.54, 1.807) is 6.07 Å². The van der Waals surface area contributed by atoms with E-state index >= 15 is 0 Å². The van der Waals surface area contributed by atoms with E-state index in [4.69, 9.17) is 37.6 Å². The first kappa shape index (κ1) is 26.6. The molecule has 2 aromatic rings. The normalized spacial score (nSPS) is 47.2. The van der Waals surface area contributed by atoms with Crippen LogP contribution in [0.4, 0.5) is 0 Å². The Labute approximate surface area is 261 Å². The molecule has 7 heterocycles. The Hall–Kier alpha value is -2.40. The van der Waals surface area contributed by atoms with E-state index in [2.05, 4.69) is 6.92 Å². The van der Waals surface area contributed by atoms with Crippen molar-refractivity contribution >= 4 is 23.1 Å². The average Bonchev–Trinajstić information content (AvgIpc) is 3.97. The van der Waals surface area contributed by atoms with Crippen LogP contribution in [-0.4, -0.2) is 69.6 Å². The van der Waals surface area contributed by atoms with Gasteiger partial charge in [0.2, 0.25) is 11.5 Å². The maximum atomic E-state index is 12.6. The largest absolute Gasteiger partial charge is 0.465 e. The van der Waals surface area contributed by atoms with Gasteiger partial charge in [-0.1, -0.05) is 6.92 Å². The van der Waals surface area contributed by atoms with Crippen LogP contribution < -0.4 is 4.74 Å². The highest BCUT2D eigenvalue weighted by Crippen LogP contribution is 3.13. The maximum Gasteiger partial charge on any atom is 0.342 e. The zero-order chi connectivity index (χ0) is 30.0. The summed E-state index contributed by atoms with van der Waals surface area (Å²) < 4.78 is 45.8. The van der Waals surface area contributed by atoms with E-state index in [9.17, 15) is 9.59 Å². The lowest BCUT2D eigenvalue weighted by Crippen LogP contribution is -2.55. The molecular weight excluding hydrogens is 580 g/mol. The molecule has 0 amide bonds. The van der Waals surface area contributed by atoms with Gasteiger partial charge in [0.25, 0.3) is 0 Å². The number of hydrogen-bond donors (Lipinski definition) is 0. The van der Waals surface area contributed by atoms with E-state index in [0.717, 1.165) is 56.0 Å². The quantitative estimate of drug-likeness (QED) is 0.135. The van der Waals surface area contributed by atoms with Crippen LogP contribution in [0.1, 0.15) is 75.1 Å². The van der Waals surface area contributed by atoms with Crippen molar-refractivity contribution in [3.8, 4) is 11.5 Å². The maximum absolute atomic E-state index is 12.6. The molecule has 10 nitrogen and oxygen atoms in total. The van der Waals surface area contributed by atoms with Gasteiger partial charge in [-0.2, -0.15) is 0 Å². The van der Waals surface area contributed by atoms with Gasteiger partial charge in [0.1, 0.15) is 11.5 Å². The standard InChI is InChI=1S/C35H40O10/c1-31(16-38-6-2-8-40-29(36)18-10-24-27-28(43-27)26(18)42-24)5-4-20-19(12-31)22-13-33(22)32(15-34(20,32)33)17-39-7-3-9-41-30(37)21-11-23-25-14-35(21,44-23)45-25/h10,19-23,25H,2-9,11-17H2,1H3. The van der Waals surface area contributed by atoms with Crippen molar-refractivity contribution in [3.05, 3.63) is 11.6 Å². The molecular formula is C35H40O10. The fourth-order valence-electron chi connectivity index (χ4n) is 12.2. The molecule has 0 radical (unpaired) electrons. The summed E-state index contributed by atoms with van der Waals surface area (Å²) in [4.78, 5) is 25.0. The molecule has 4 saturated heterocycles. The lowest BCUT2D eigenvalue weighted by molar-refractivity contribution is -0.266. The van der Waals surface area contributed by atoms with Crippen LogP contribution in [0.5, 0.6) is 11.5 Å². The highest BCUT2D eigenvalue weighted by Gasteiger charge is 3.10. The van der Waals surface area contributed by atoms with Gasteiger partial charge >= 0.3 is 11.9 Å². The zero-order valence-electron chi connectivity index (χ0n) is 25.7. The third-order valence-corrected chi connectivity index (χ3v) is 14.1. The number of rotatable bonds is 14. The van der Waals surface area contributed by atoms with Gasteiger partial charge in [-0.3, -0.25) is 4.79 Å². The molecule has 0 N–H and O–H groups in total. The number of benzene rings is 1. The van der Waals surface area contributed by atoms with Crippen molar-refractivity contribution in [2.45, 2.75) is 82.7 Å². The second-order valence-electron chi connectivity index (χ2n) is 16.2. The van der Waals surface area contributed by atoms with Crippen LogP contribution in [0.25, 0.3) is 11.2 Å². The molecule has 45 heavy (non-hydrogen) atoms. The summed E-state index contributed by atoms with van der Waals surface area (Å²) in [6, 6.07) is 1.70. The first-order valence-corrected chi connectivity index (χ1v) is 17.3. The van der Waals surface area contributed by atoms with Crippen molar-refractivity contribution in [2.75, 3.05) is 39.6 Å². The van der Waals surface area contributed by atoms with E-state index < -0.39 is 5.79 Å². The van der Waals surface area contributed by atoms with E-state index in [0.29, 0.717) is 71.6 Å². The minimum absolute atomic E-state index is 0.0889. The Morgan fingerprint density at radius 2 is 1.71 bits per heavy atom. The molecule has 5 saturated carbocycles. The Balaban J connectivity index is 0.602. The average molecular weight is 621 g/mol. The van der Waals surface area contributed by atoms with E-state index in [-0.39, 0.29) is 35.5 Å². The molecule has 11 unspecified atom stereocenters. The molecule has 12 rings (SSSR count). The third-order valence-electron chi connectivity index (χ3n) is 14.1. The molecule has 240 valence electrons. The van der Waals surface area contributed by atoms with Crippen molar-refractivity contribution in [1.82, 2.24) is 0 Å². The number of esters is 2. The molecule has 11 atom stereocenters. The first-order chi connectivity index (χ1) is 21.8. The SMILES string of the molecule is CC1(COCCCOC(=O)c2cc3oc2c2c3O2)CCC2C(C1)C1CC13C1(COCCCOC(=O)C4CC5OC46CC5O6)CC213. The van der Waals surface area contributed by atoms with Crippen LogP contribution in [0.2, 0.25) is 0 Å². The second kappa shape index (κ2) is 8.35. The number of carbonyl (C=O) groups is 2. The molecule has 10 heteroatoms. The molecule has 5 aliphatic heterocycles. The Morgan fingerprint density at radius 3 is 2.47 bits per heavy atom.